The molecule has 1 unspecified atom stereocenters. The van der Waals surface area contributed by atoms with Gasteiger partial charge in [-0.2, -0.15) is 0 Å². The highest BCUT2D eigenvalue weighted by atomic mass is 79.9. The molecule has 0 aromatic heterocycles. The van der Waals surface area contributed by atoms with Crippen LogP contribution < -0.4 is 11.1 Å². The molecule has 0 saturated heterocycles. The maximum Gasteiger partial charge on any atom is 0.285 e. The number of carbonyl (C=O) groups excluding carboxylic acids is 1. The van der Waals surface area contributed by atoms with Gasteiger partial charge in [-0.05, 0) is 28.1 Å². The lowest BCUT2D eigenvalue weighted by molar-refractivity contribution is -0.385. The SMILES string of the molecule is C#CCC(N)C(=O)Nc1ccc(Br)c([N+](=O)[O-])c1. The minimum absolute atomic E-state index is 0.102. The van der Waals surface area contributed by atoms with E-state index in [1.807, 2.05) is 0 Å². The summed E-state index contributed by atoms with van der Waals surface area (Å²) in [6.45, 7) is 0. The Bertz CT molecular complexity index is 525. The average molecular weight is 312 g/mol. The summed E-state index contributed by atoms with van der Waals surface area (Å²) >= 11 is 3.05. The quantitative estimate of drug-likeness (QED) is 0.502. The lowest BCUT2D eigenvalue weighted by atomic mass is 10.2. The lowest BCUT2D eigenvalue weighted by Crippen LogP contribution is -2.35. The molecule has 1 rings (SSSR count). The van der Waals surface area contributed by atoms with Crippen LogP contribution in [0.25, 0.3) is 0 Å². The number of nitrogens with one attached hydrogen (secondary N) is 1. The number of hydrogen-bond acceptors (Lipinski definition) is 4. The smallest absolute Gasteiger partial charge is 0.285 e. The van der Waals surface area contributed by atoms with Crippen LogP contribution >= 0.6 is 15.9 Å². The monoisotopic (exact) mass is 311 g/mol. The van der Waals surface area contributed by atoms with Crippen molar-refractivity contribution in [2.45, 2.75) is 12.5 Å². The van der Waals surface area contributed by atoms with Crippen molar-refractivity contribution in [2.75, 3.05) is 5.32 Å². The first-order valence-electron chi connectivity index (χ1n) is 4.89. The molecule has 3 N–H and O–H groups in total. The van der Waals surface area contributed by atoms with Crippen molar-refractivity contribution in [1.82, 2.24) is 0 Å². The number of nitro benzene ring substituents is 1. The topological polar surface area (TPSA) is 98.3 Å². The lowest BCUT2D eigenvalue weighted by Gasteiger charge is -2.09. The van der Waals surface area contributed by atoms with E-state index in [0.717, 1.165) is 0 Å². The Labute approximate surface area is 112 Å². The third-order valence-electron chi connectivity index (χ3n) is 2.08. The summed E-state index contributed by atoms with van der Waals surface area (Å²) in [4.78, 5) is 21.7. The van der Waals surface area contributed by atoms with Gasteiger partial charge in [0.25, 0.3) is 5.69 Å². The average Bonchev–Trinajstić information content (AvgIpc) is 2.31. The Morgan fingerprint density at radius 1 is 1.67 bits per heavy atom. The van der Waals surface area contributed by atoms with Gasteiger partial charge in [0.15, 0.2) is 0 Å². The number of terminal acetylenes is 1. The second-order valence-electron chi connectivity index (χ2n) is 3.43. The van der Waals surface area contributed by atoms with E-state index in [9.17, 15) is 14.9 Å². The normalized spacial score (nSPS) is 11.4. The Morgan fingerprint density at radius 2 is 2.33 bits per heavy atom. The molecule has 1 atom stereocenters. The molecule has 0 aliphatic heterocycles. The van der Waals surface area contributed by atoms with Gasteiger partial charge in [0.05, 0.1) is 15.4 Å². The van der Waals surface area contributed by atoms with Gasteiger partial charge in [-0.25, -0.2) is 0 Å². The van der Waals surface area contributed by atoms with Crippen LogP contribution in [0.2, 0.25) is 0 Å². The molecule has 0 fully saturated rings. The maximum atomic E-state index is 11.6. The highest BCUT2D eigenvalue weighted by Crippen LogP contribution is 2.27. The van der Waals surface area contributed by atoms with Crippen molar-refractivity contribution < 1.29 is 9.72 Å². The molecule has 7 heteroatoms. The predicted octanol–water partition coefficient (Wildman–Crippen LogP) is 1.65. The molecule has 0 aliphatic carbocycles. The number of benzene rings is 1. The predicted molar refractivity (Wildman–Crippen MR) is 70.9 cm³/mol. The highest BCUT2D eigenvalue weighted by molar-refractivity contribution is 9.10. The first kappa shape index (κ1) is 14.2. The number of nitrogens with zero attached hydrogens (tertiary/aromatic N) is 1. The minimum Gasteiger partial charge on any atom is -0.324 e. The second kappa shape index (κ2) is 6.14. The molecule has 94 valence electrons. The molecule has 0 radical (unpaired) electrons. The summed E-state index contributed by atoms with van der Waals surface area (Å²) < 4.78 is 0.332. The largest absolute Gasteiger partial charge is 0.324 e. The molecule has 1 amide bonds. The van der Waals surface area contributed by atoms with Gasteiger partial charge in [0, 0.05) is 18.2 Å². The van der Waals surface area contributed by atoms with Gasteiger partial charge in [-0.1, -0.05) is 0 Å². The number of carbonyl (C=O) groups is 1. The Morgan fingerprint density at radius 3 is 2.89 bits per heavy atom. The number of nitrogens with two attached hydrogens (primary N) is 1. The molecular formula is C11H10BrN3O3. The van der Waals surface area contributed by atoms with Crippen molar-refractivity contribution in [3.05, 3.63) is 32.8 Å². The molecule has 18 heavy (non-hydrogen) atoms. The van der Waals surface area contributed by atoms with Crippen LogP contribution in [-0.4, -0.2) is 16.9 Å². The molecule has 0 spiro atoms. The molecule has 1 aromatic rings. The summed E-state index contributed by atoms with van der Waals surface area (Å²) in [6, 6.07) is 3.40. The number of anilines is 1. The van der Waals surface area contributed by atoms with Crippen molar-refractivity contribution >= 4 is 33.2 Å². The summed E-state index contributed by atoms with van der Waals surface area (Å²) in [5, 5.41) is 13.2. The number of halogens is 1. The number of hydrogen-bond donors (Lipinski definition) is 2. The van der Waals surface area contributed by atoms with Crippen LogP contribution in [0, 0.1) is 22.5 Å². The third-order valence-corrected chi connectivity index (χ3v) is 2.76. The molecular weight excluding hydrogens is 302 g/mol. The molecule has 0 aliphatic rings. The van der Waals surface area contributed by atoms with E-state index in [4.69, 9.17) is 12.2 Å². The highest BCUT2D eigenvalue weighted by Gasteiger charge is 2.16. The first-order chi connectivity index (χ1) is 8.45. The number of nitro groups is 1. The van der Waals surface area contributed by atoms with Gasteiger partial charge in [-0.3, -0.25) is 14.9 Å². The zero-order valence-electron chi connectivity index (χ0n) is 9.22. The van der Waals surface area contributed by atoms with Crippen LogP contribution in [0.15, 0.2) is 22.7 Å². The molecule has 0 bridgehead atoms. The Kier molecular flexibility index (Phi) is 4.83. The Balaban J connectivity index is 2.86. The van der Waals surface area contributed by atoms with E-state index >= 15 is 0 Å². The standard InChI is InChI=1S/C11H10BrN3O3/c1-2-3-9(13)11(16)14-7-4-5-8(12)10(6-7)15(17)18/h1,4-6,9H,3,13H2,(H,14,16). The van der Waals surface area contributed by atoms with Gasteiger partial charge in [0.1, 0.15) is 0 Å². The van der Waals surface area contributed by atoms with Crippen LogP contribution in [0.5, 0.6) is 0 Å². The van der Waals surface area contributed by atoms with Gasteiger partial charge in [-0.15, -0.1) is 12.3 Å². The molecule has 0 saturated carbocycles. The van der Waals surface area contributed by atoms with Crippen molar-refractivity contribution in [1.29, 1.82) is 0 Å². The third kappa shape index (κ3) is 3.55. The summed E-state index contributed by atoms with van der Waals surface area (Å²) in [7, 11) is 0. The van der Waals surface area contributed by atoms with Crippen molar-refractivity contribution in [3.63, 3.8) is 0 Å². The first-order valence-corrected chi connectivity index (χ1v) is 5.69. The van der Waals surface area contributed by atoms with Crippen molar-refractivity contribution in [3.8, 4) is 12.3 Å². The maximum absolute atomic E-state index is 11.6. The van der Waals surface area contributed by atoms with Crippen LogP contribution in [-0.2, 0) is 4.79 Å². The summed E-state index contributed by atoms with van der Waals surface area (Å²) in [6.07, 6.45) is 5.14. The van der Waals surface area contributed by atoms with E-state index in [1.165, 1.54) is 18.2 Å². The summed E-state index contributed by atoms with van der Waals surface area (Å²) in [5.41, 5.74) is 5.66. The van der Waals surface area contributed by atoms with E-state index in [-0.39, 0.29) is 12.1 Å². The van der Waals surface area contributed by atoms with Crippen LogP contribution in [0.4, 0.5) is 11.4 Å². The second-order valence-corrected chi connectivity index (χ2v) is 4.28. The van der Waals surface area contributed by atoms with Gasteiger partial charge < -0.3 is 11.1 Å². The van der Waals surface area contributed by atoms with Gasteiger partial charge >= 0.3 is 0 Å². The zero-order chi connectivity index (χ0) is 13.7. The fraction of sp³-hybridized carbons (Fsp3) is 0.182. The zero-order valence-corrected chi connectivity index (χ0v) is 10.8. The minimum atomic E-state index is -0.835. The number of amides is 1. The van der Waals surface area contributed by atoms with Gasteiger partial charge in [0.2, 0.25) is 5.91 Å². The Hall–Kier alpha value is -1.91. The molecule has 0 heterocycles. The number of rotatable bonds is 4. The van der Waals surface area contributed by atoms with E-state index in [0.29, 0.717) is 10.2 Å². The van der Waals surface area contributed by atoms with Crippen LogP contribution in [0.3, 0.4) is 0 Å². The molecule has 1 aromatic carbocycles. The van der Waals surface area contributed by atoms with Crippen LogP contribution in [0.1, 0.15) is 6.42 Å². The van der Waals surface area contributed by atoms with E-state index in [1.54, 1.807) is 0 Å². The fourth-order valence-corrected chi connectivity index (χ4v) is 1.58. The summed E-state index contributed by atoms with van der Waals surface area (Å²) in [5.74, 6) is 1.79. The van der Waals surface area contributed by atoms with Crippen molar-refractivity contribution in [2.24, 2.45) is 5.73 Å². The van der Waals surface area contributed by atoms with E-state index in [2.05, 4.69) is 27.2 Å². The molecule has 6 nitrogen and oxygen atoms in total. The fourth-order valence-electron chi connectivity index (χ4n) is 1.18. The van der Waals surface area contributed by atoms with E-state index < -0.39 is 16.9 Å².